The Morgan fingerprint density at radius 3 is 2.36 bits per heavy atom. The lowest BCUT2D eigenvalue weighted by atomic mass is 9.91. The molecule has 6 N–H and O–H groups in total. The molecule has 0 aromatic rings. The summed E-state index contributed by atoms with van der Waals surface area (Å²) in [6, 6.07) is -1.94. The van der Waals surface area contributed by atoms with Gasteiger partial charge in [0.05, 0.1) is 35.5 Å². The second-order valence-corrected chi connectivity index (χ2v) is 15.1. The first-order chi connectivity index (χ1) is 21.0. The van der Waals surface area contributed by atoms with Gasteiger partial charge in [-0.3, -0.25) is 14.7 Å². The van der Waals surface area contributed by atoms with E-state index in [-0.39, 0.29) is 19.0 Å². The molecule has 0 aliphatic carbocycles. The van der Waals surface area contributed by atoms with Crippen molar-refractivity contribution in [1.29, 1.82) is 0 Å². The topological polar surface area (TPSA) is 149 Å². The van der Waals surface area contributed by atoms with E-state index < -0.39 is 63.7 Å². The monoisotopic (exact) mass is 644 g/mol. The third-order valence-electron chi connectivity index (χ3n) is 9.97. The van der Waals surface area contributed by atoms with Gasteiger partial charge in [0.2, 0.25) is 15.9 Å². The number of alkyl halides is 2. The number of fused-ring (bicyclic) bond motifs is 4. The molecule has 6 unspecified atom stereocenters. The first kappa shape index (κ1) is 35.3. The van der Waals surface area contributed by atoms with E-state index in [1.165, 1.54) is 6.21 Å². The molecule has 0 aromatic carbocycles. The van der Waals surface area contributed by atoms with E-state index in [9.17, 15) is 17.6 Å². The van der Waals surface area contributed by atoms with Gasteiger partial charge in [-0.1, -0.05) is 25.5 Å². The van der Waals surface area contributed by atoms with Gasteiger partial charge >= 0.3 is 0 Å². The molecule has 0 radical (unpaired) electrons. The lowest BCUT2D eigenvalue weighted by molar-refractivity contribution is -0.127. The van der Waals surface area contributed by atoms with Crippen LogP contribution in [0.3, 0.4) is 0 Å². The zero-order chi connectivity index (χ0) is 32.0. The number of piperidine rings is 3. The van der Waals surface area contributed by atoms with Gasteiger partial charge in [-0.2, -0.15) is 4.31 Å². The van der Waals surface area contributed by atoms with Crippen LogP contribution in [0.2, 0.25) is 0 Å². The van der Waals surface area contributed by atoms with Crippen molar-refractivity contribution < 1.29 is 22.0 Å². The first-order valence-electron chi connectivity index (χ1n) is 16.4. The zero-order valence-corrected chi connectivity index (χ0v) is 27.4. The van der Waals surface area contributed by atoms with E-state index >= 15 is 4.39 Å². The number of sulfonamides is 1. The van der Waals surface area contributed by atoms with E-state index in [0.29, 0.717) is 45.4 Å². The van der Waals surface area contributed by atoms with Crippen LogP contribution in [0.1, 0.15) is 59.3 Å². The molecular formula is C30H54F2N8O3S. The Kier molecular flexibility index (Phi) is 12.7. The Hall–Kier alpha value is -1.55. The number of hydrogen-bond acceptors (Lipinski definition) is 9. The van der Waals surface area contributed by atoms with E-state index in [1.807, 2.05) is 18.7 Å². The Morgan fingerprint density at radius 2 is 1.75 bits per heavy atom. The van der Waals surface area contributed by atoms with Crippen molar-refractivity contribution in [1.82, 2.24) is 24.7 Å². The summed E-state index contributed by atoms with van der Waals surface area (Å²) in [6.07, 6.45) is 2.93. The minimum absolute atomic E-state index is 0.0692. The molecule has 14 heteroatoms. The number of nitrogens with one attached hydrogen (secondary N) is 2. The van der Waals surface area contributed by atoms with Gasteiger partial charge in [-0.05, 0) is 71.6 Å². The largest absolute Gasteiger partial charge is 0.350 e. The van der Waals surface area contributed by atoms with Crippen LogP contribution < -0.4 is 22.1 Å². The molecule has 5 aliphatic rings. The number of halogens is 2. The number of likely N-dealkylation sites (tertiary alicyclic amines) is 1. The number of nitrogens with two attached hydrogens (primary N) is 2. The molecule has 5 aliphatic heterocycles. The summed E-state index contributed by atoms with van der Waals surface area (Å²) in [7, 11) is -3.47. The van der Waals surface area contributed by atoms with Crippen molar-refractivity contribution in [2.75, 3.05) is 52.4 Å². The smallest absolute Gasteiger partial charge is 0.228 e. The molecule has 5 heterocycles. The van der Waals surface area contributed by atoms with Gasteiger partial charge in [0.25, 0.3) is 0 Å². The fourth-order valence-electron chi connectivity index (χ4n) is 7.13. The summed E-state index contributed by atoms with van der Waals surface area (Å²) in [5.41, 5.74) is 13.2. The summed E-state index contributed by atoms with van der Waals surface area (Å²) in [5.74, 6) is -1.46. The summed E-state index contributed by atoms with van der Waals surface area (Å²) in [5, 5.41) is 5.57. The minimum Gasteiger partial charge on any atom is -0.350 e. The average molecular weight is 645 g/mol. The summed E-state index contributed by atoms with van der Waals surface area (Å²) in [4.78, 5) is 22.4. The molecular weight excluding hydrogens is 590 g/mol. The molecule has 5 fully saturated rings. The fourth-order valence-corrected chi connectivity index (χ4v) is 9.28. The van der Waals surface area contributed by atoms with Crippen molar-refractivity contribution in [2.45, 2.75) is 107 Å². The van der Waals surface area contributed by atoms with Crippen LogP contribution >= 0.6 is 0 Å². The molecule has 5 rings (SSSR count). The number of nitrogens with zero attached hydrogens (tertiary/aromatic N) is 4. The van der Waals surface area contributed by atoms with Crippen LogP contribution in [0, 0.1) is 5.92 Å². The molecule has 0 aromatic heterocycles. The fraction of sp³-hybridized carbons (Fsp3) is 0.867. The second kappa shape index (κ2) is 15.8. The van der Waals surface area contributed by atoms with Crippen molar-refractivity contribution >= 4 is 22.1 Å². The Balaban J connectivity index is 1.45. The van der Waals surface area contributed by atoms with Gasteiger partial charge in [-0.15, -0.1) is 0 Å². The van der Waals surface area contributed by atoms with Crippen LogP contribution in [0.5, 0.6) is 0 Å². The highest BCUT2D eigenvalue weighted by molar-refractivity contribution is 7.89. The second-order valence-electron chi connectivity index (χ2n) is 12.9. The Morgan fingerprint density at radius 1 is 1.07 bits per heavy atom. The third-order valence-corrected chi connectivity index (χ3v) is 12.4. The number of allylic oxidation sites excluding steroid dienone is 1. The normalized spacial score (nSPS) is 32.1. The van der Waals surface area contributed by atoms with Crippen LogP contribution in [0.15, 0.2) is 16.6 Å². The summed E-state index contributed by atoms with van der Waals surface area (Å²) >= 11 is 0. The summed E-state index contributed by atoms with van der Waals surface area (Å²) < 4.78 is 58.9. The first-order valence-corrected chi connectivity index (χ1v) is 17.9. The maximum atomic E-state index is 15.6. The SMILES string of the molecule is CC/C(C)=C\C(N=CC(F)CC)C(C(=O)NC1CNCC(F)C1N1CCC(S(=O)(=O)N2CCN3CCC2CC3)CC1)C(N)N. The molecule has 2 bridgehead atoms. The molecule has 0 spiro atoms. The molecule has 6 atom stereocenters. The number of carbonyl (C=O) groups excluding carboxylic acids is 1. The van der Waals surface area contributed by atoms with Gasteiger partial charge in [0.1, 0.15) is 12.3 Å². The predicted molar refractivity (Wildman–Crippen MR) is 170 cm³/mol. The molecule has 0 saturated carbocycles. The highest BCUT2D eigenvalue weighted by Crippen LogP contribution is 2.30. The van der Waals surface area contributed by atoms with Gasteiger partial charge < -0.3 is 27.0 Å². The number of amides is 1. The zero-order valence-electron chi connectivity index (χ0n) is 26.6. The average Bonchev–Trinajstić information content (AvgIpc) is 3.34. The Labute approximate surface area is 262 Å². The lowest BCUT2D eigenvalue weighted by Crippen LogP contribution is -2.67. The molecule has 1 amide bonds. The van der Waals surface area contributed by atoms with Crippen LogP contribution in [-0.4, -0.2) is 135 Å². The standard InChI is InChI=1S/C30H54F2N8O3S/c1-4-20(3)16-25(36-17-21(31)5-2)27(29(33)34)30(41)37-26-19-35-18-24(32)28(26)39-12-8-23(9-13-39)44(42,43)40-15-14-38-10-6-22(40)7-11-38/h16-17,21-29,35H,4-15,18-19,33-34H2,1-3H3,(H,37,41)/b20-16-,36-17?. The van der Waals surface area contributed by atoms with Crippen molar-refractivity contribution in [3.63, 3.8) is 0 Å². The number of rotatable bonds is 12. The number of hydrogen-bond donors (Lipinski definition) is 4. The van der Waals surface area contributed by atoms with Crippen LogP contribution in [-0.2, 0) is 14.8 Å². The lowest BCUT2D eigenvalue weighted by Gasteiger charge is -2.46. The predicted octanol–water partition coefficient (Wildman–Crippen LogP) is 0.759. The molecule has 11 nitrogen and oxygen atoms in total. The van der Waals surface area contributed by atoms with E-state index in [2.05, 4.69) is 20.5 Å². The van der Waals surface area contributed by atoms with Crippen molar-refractivity contribution in [3.8, 4) is 0 Å². The maximum Gasteiger partial charge on any atom is 0.228 e. The van der Waals surface area contributed by atoms with E-state index in [0.717, 1.165) is 38.0 Å². The van der Waals surface area contributed by atoms with E-state index in [4.69, 9.17) is 11.5 Å². The third kappa shape index (κ3) is 8.42. The van der Waals surface area contributed by atoms with Crippen LogP contribution in [0.4, 0.5) is 8.78 Å². The minimum atomic E-state index is -3.47. The molecule has 44 heavy (non-hydrogen) atoms. The maximum absolute atomic E-state index is 15.6. The van der Waals surface area contributed by atoms with Crippen molar-refractivity contribution in [3.05, 3.63) is 11.6 Å². The summed E-state index contributed by atoms with van der Waals surface area (Å²) in [6.45, 7) is 10.1. The quantitative estimate of drug-likeness (QED) is 0.138. The molecule has 252 valence electrons. The van der Waals surface area contributed by atoms with Crippen molar-refractivity contribution in [2.24, 2.45) is 22.4 Å². The highest BCUT2D eigenvalue weighted by atomic mass is 32.2. The highest BCUT2D eigenvalue weighted by Gasteiger charge is 2.45. The number of carbonyl (C=O) groups is 1. The van der Waals surface area contributed by atoms with Gasteiger partial charge in [-0.25, -0.2) is 17.2 Å². The van der Waals surface area contributed by atoms with Gasteiger partial charge in [0.15, 0.2) is 0 Å². The van der Waals surface area contributed by atoms with E-state index in [1.54, 1.807) is 17.3 Å². The Bertz CT molecular complexity index is 1110. The number of aliphatic imine (C=N–C) groups is 1. The van der Waals surface area contributed by atoms with Gasteiger partial charge in [0, 0.05) is 38.4 Å². The molecule has 5 saturated heterocycles. The van der Waals surface area contributed by atoms with Crippen LogP contribution in [0.25, 0.3) is 0 Å².